The highest BCUT2D eigenvalue weighted by atomic mass is 32.2. The zero-order valence-corrected chi connectivity index (χ0v) is 16.4. The molecule has 0 heterocycles. The predicted octanol–water partition coefficient (Wildman–Crippen LogP) is 5.04. The van der Waals surface area contributed by atoms with E-state index in [4.69, 9.17) is 4.74 Å². The number of methoxy groups -OCH3 is 1. The molecule has 3 rings (SSSR count). The number of ether oxygens (including phenoxy) is 1. The summed E-state index contributed by atoms with van der Waals surface area (Å²) in [6, 6.07) is 28.0. The lowest BCUT2D eigenvalue weighted by Gasteiger charge is -2.29. The van der Waals surface area contributed by atoms with Crippen molar-refractivity contribution in [1.29, 1.82) is 0 Å². The zero-order chi connectivity index (χ0) is 19.1. The van der Waals surface area contributed by atoms with Crippen LogP contribution >= 0.6 is 11.8 Å². The van der Waals surface area contributed by atoms with Crippen LogP contribution in [0.5, 0.6) is 5.75 Å². The van der Waals surface area contributed by atoms with Gasteiger partial charge in [0.05, 0.1) is 18.9 Å². The highest BCUT2D eigenvalue weighted by molar-refractivity contribution is 8.00. The molecule has 0 aromatic heterocycles. The van der Waals surface area contributed by atoms with Gasteiger partial charge in [-0.1, -0.05) is 60.7 Å². The van der Waals surface area contributed by atoms with Crippen LogP contribution in [0.25, 0.3) is 0 Å². The molecule has 0 aliphatic heterocycles. The fraction of sp³-hybridized carbons (Fsp3) is 0.174. The number of rotatable bonds is 7. The first-order valence-electron chi connectivity index (χ1n) is 8.81. The van der Waals surface area contributed by atoms with Crippen molar-refractivity contribution in [1.82, 2.24) is 4.90 Å². The van der Waals surface area contributed by atoms with Gasteiger partial charge in [0.2, 0.25) is 5.91 Å². The number of carbonyl (C=O) groups is 1. The summed E-state index contributed by atoms with van der Waals surface area (Å²) in [6.45, 7) is 0. The summed E-state index contributed by atoms with van der Waals surface area (Å²) in [4.78, 5) is 15.8. The Morgan fingerprint density at radius 1 is 0.889 bits per heavy atom. The average molecular weight is 378 g/mol. The van der Waals surface area contributed by atoms with E-state index in [1.807, 2.05) is 72.6 Å². The van der Waals surface area contributed by atoms with Crippen LogP contribution < -0.4 is 4.74 Å². The molecule has 3 aromatic carbocycles. The van der Waals surface area contributed by atoms with E-state index in [0.717, 1.165) is 21.8 Å². The topological polar surface area (TPSA) is 29.5 Å². The Morgan fingerprint density at radius 2 is 1.41 bits per heavy atom. The van der Waals surface area contributed by atoms with Gasteiger partial charge in [-0.15, -0.1) is 11.8 Å². The molecule has 0 atom stereocenters. The zero-order valence-electron chi connectivity index (χ0n) is 15.5. The van der Waals surface area contributed by atoms with Crippen LogP contribution in [-0.4, -0.2) is 30.7 Å². The summed E-state index contributed by atoms with van der Waals surface area (Å²) in [5.74, 6) is 1.29. The van der Waals surface area contributed by atoms with E-state index in [9.17, 15) is 4.79 Å². The minimum absolute atomic E-state index is 0.0912. The number of thioether (sulfide) groups is 1. The maximum absolute atomic E-state index is 12.9. The fourth-order valence-electron chi connectivity index (χ4n) is 2.97. The van der Waals surface area contributed by atoms with E-state index in [1.165, 1.54) is 11.8 Å². The van der Waals surface area contributed by atoms with Crippen molar-refractivity contribution < 1.29 is 9.53 Å². The predicted molar refractivity (Wildman–Crippen MR) is 111 cm³/mol. The SMILES string of the molecule is COc1ccc(SCC(=O)N(C)C(c2ccccc2)c2ccccc2)cc1. The first kappa shape index (κ1) is 19.1. The summed E-state index contributed by atoms with van der Waals surface area (Å²) in [5.41, 5.74) is 2.21. The second-order valence-electron chi connectivity index (χ2n) is 6.19. The van der Waals surface area contributed by atoms with Gasteiger partial charge in [0, 0.05) is 11.9 Å². The number of amides is 1. The smallest absolute Gasteiger partial charge is 0.233 e. The van der Waals surface area contributed by atoms with Crippen molar-refractivity contribution in [2.75, 3.05) is 19.9 Å². The van der Waals surface area contributed by atoms with Crippen molar-refractivity contribution in [3.05, 3.63) is 96.1 Å². The van der Waals surface area contributed by atoms with Crippen LogP contribution in [0.3, 0.4) is 0 Å². The highest BCUT2D eigenvalue weighted by Gasteiger charge is 2.23. The van der Waals surface area contributed by atoms with Gasteiger partial charge in [-0.3, -0.25) is 4.79 Å². The highest BCUT2D eigenvalue weighted by Crippen LogP contribution is 2.29. The average Bonchev–Trinajstić information content (AvgIpc) is 2.74. The van der Waals surface area contributed by atoms with Gasteiger partial charge in [-0.25, -0.2) is 0 Å². The van der Waals surface area contributed by atoms with Gasteiger partial charge < -0.3 is 9.64 Å². The van der Waals surface area contributed by atoms with Gasteiger partial charge in [0.15, 0.2) is 0 Å². The second kappa shape index (κ2) is 9.28. The molecule has 0 unspecified atom stereocenters. The third-order valence-corrected chi connectivity index (χ3v) is 5.43. The van der Waals surface area contributed by atoms with E-state index in [2.05, 4.69) is 24.3 Å². The Balaban J connectivity index is 1.75. The molecule has 0 spiro atoms. The molecule has 0 saturated heterocycles. The molecule has 0 bridgehead atoms. The number of hydrogen-bond donors (Lipinski definition) is 0. The third kappa shape index (κ3) is 4.92. The Bertz CT molecular complexity index is 811. The van der Waals surface area contributed by atoms with E-state index in [0.29, 0.717) is 5.75 Å². The lowest BCUT2D eigenvalue weighted by atomic mass is 9.97. The molecular weight excluding hydrogens is 354 g/mol. The lowest BCUT2D eigenvalue weighted by Crippen LogP contribution is -2.33. The molecule has 3 nitrogen and oxygen atoms in total. The third-order valence-electron chi connectivity index (χ3n) is 4.43. The maximum atomic E-state index is 12.9. The van der Waals surface area contributed by atoms with Crippen LogP contribution in [0.1, 0.15) is 17.2 Å². The normalized spacial score (nSPS) is 10.6. The van der Waals surface area contributed by atoms with Crippen LogP contribution in [0, 0.1) is 0 Å². The molecule has 0 aliphatic rings. The van der Waals surface area contributed by atoms with Gasteiger partial charge in [-0.2, -0.15) is 0 Å². The minimum Gasteiger partial charge on any atom is -0.497 e. The van der Waals surface area contributed by atoms with Crippen molar-refractivity contribution >= 4 is 17.7 Å². The van der Waals surface area contributed by atoms with E-state index < -0.39 is 0 Å². The number of benzene rings is 3. The summed E-state index contributed by atoms with van der Waals surface area (Å²) in [7, 11) is 3.52. The largest absolute Gasteiger partial charge is 0.497 e. The second-order valence-corrected chi connectivity index (χ2v) is 7.24. The van der Waals surface area contributed by atoms with Gasteiger partial charge >= 0.3 is 0 Å². The van der Waals surface area contributed by atoms with Crippen molar-refractivity contribution in [2.24, 2.45) is 0 Å². The fourth-order valence-corrected chi connectivity index (χ4v) is 3.80. The summed E-state index contributed by atoms with van der Waals surface area (Å²) in [6.07, 6.45) is 0. The van der Waals surface area contributed by atoms with Crippen molar-refractivity contribution in [2.45, 2.75) is 10.9 Å². The summed E-state index contributed by atoms with van der Waals surface area (Å²) >= 11 is 1.54. The molecule has 138 valence electrons. The summed E-state index contributed by atoms with van der Waals surface area (Å²) in [5, 5.41) is 0. The molecule has 0 saturated carbocycles. The first-order chi connectivity index (χ1) is 13.2. The molecule has 1 amide bonds. The Labute approximate surface area is 165 Å². The Hall–Kier alpha value is -2.72. The molecular formula is C23H23NO2S. The number of nitrogens with zero attached hydrogens (tertiary/aromatic N) is 1. The van der Waals surface area contributed by atoms with E-state index in [-0.39, 0.29) is 11.9 Å². The van der Waals surface area contributed by atoms with Crippen LogP contribution in [0.15, 0.2) is 89.8 Å². The standard InChI is InChI=1S/C23H23NO2S/c1-24(22(25)17-27-21-15-13-20(26-2)14-16-21)23(18-9-5-3-6-10-18)19-11-7-4-8-12-19/h3-16,23H,17H2,1-2H3. The molecule has 4 heteroatoms. The van der Waals surface area contributed by atoms with Crippen molar-refractivity contribution in [3.8, 4) is 5.75 Å². The Kier molecular flexibility index (Phi) is 6.55. The van der Waals surface area contributed by atoms with Gasteiger partial charge in [-0.05, 0) is 35.4 Å². The molecule has 27 heavy (non-hydrogen) atoms. The summed E-state index contributed by atoms with van der Waals surface area (Å²) < 4.78 is 5.18. The lowest BCUT2D eigenvalue weighted by molar-refractivity contribution is -0.128. The van der Waals surface area contributed by atoms with E-state index in [1.54, 1.807) is 7.11 Å². The van der Waals surface area contributed by atoms with E-state index >= 15 is 0 Å². The number of hydrogen-bond acceptors (Lipinski definition) is 3. The van der Waals surface area contributed by atoms with Gasteiger partial charge in [0.25, 0.3) is 0 Å². The molecule has 0 radical (unpaired) electrons. The van der Waals surface area contributed by atoms with Crippen LogP contribution in [0.4, 0.5) is 0 Å². The van der Waals surface area contributed by atoms with Gasteiger partial charge in [0.1, 0.15) is 5.75 Å². The molecule has 0 aliphatic carbocycles. The van der Waals surface area contributed by atoms with Crippen LogP contribution in [-0.2, 0) is 4.79 Å². The number of carbonyl (C=O) groups excluding carboxylic acids is 1. The monoisotopic (exact) mass is 377 g/mol. The quantitative estimate of drug-likeness (QED) is 0.541. The Morgan fingerprint density at radius 3 is 1.89 bits per heavy atom. The maximum Gasteiger partial charge on any atom is 0.233 e. The van der Waals surface area contributed by atoms with Crippen molar-refractivity contribution in [3.63, 3.8) is 0 Å². The molecule has 0 N–H and O–H groups in total. The molecule has 3 aromatic rings. The van der Waals surface area contributed by atoms with Crippen LogP contribution in [0.2, 0.25) is 0 Å². The molecule has 0 fully saturated rings. The minimum atomic E-state index is -0.101. The first-order valence-corrected chi connectivity index (χ1v) is 9.80.